The van der Waals surface area contributed by atoms with Gasteiger partial charge in [0, 0.05) is 18.4 Å². The first-order chi connectivity index (χ1) is 11.3. The molecule has 0 aromatic heterocycles. The SMILES string of the molecule is Cc1ccc(F)cc1CC(F)(F)c1ccc(CCCC(=O)O)cc1. The van der Waals surface area contributed by atoms with Crippen molar-refractivity contribution in [2.24, 2.45) is 0 Å². The van der Waals surface area contributed by atoms with Gasteiger partial charge in [-0.3, -0.25) is 4.79 Å². The minimum atomic E-state index is -3.10. The van der Waals surface area contributed by atoms with Crippen LogP contribution in [-0.2, 0) is 23.6 Å². The number of hydrogen-bond donors (Lipinski definition) is 1. The van der Waals surface area contributed by atoms with Crippen LogP contribution < -0.4 is 0 Å². The van der Waals surface area contributed by atoms with Crippen LogP contribution in [-0.4, -0.2) is 11.1 Å². The number of aryl methyl sites for hydroxylation is 2. The van der Waals surface area contributed by atoms with Crippen LogP contribution in [0.2, 0.25) is 0 Å². The standard InChI is InChI=1S/C19H19F3O2/c1-13-5-10-17(20)11-15(13)12-19(21,22)16-8-6-14(7-9-16)3-2-4-18(23)24/h5-11H,2-4,12H2,1H3,(H,23,24). The van der Waals surface area contributed by atoms with Crippen LogP contribution >= 0.6 is 0 Å². The average Bonchev–Trinajstić information content (AvgIpc) is 2.51. The molecule has 0 saturated heterocycles. The van der Waals surface area contributed by atoms with Crippen LogP contribution in [0.15, 0.2) is 42.5 Å². The molecule has 0 fully saturated rings. The maximum atomic E-state index is 14.4. The minimum Gasteiger partial charge on any atom is -0.481 e. The number of rotatable bonds is 7. The number of carbonyl (C=O) groups is 1. The fourth-order valence-corrected chi connectivity index (χ4v) is 2.53. The Kier molecular flexibility index (Phi) is 5.65. The van der Waals surface area contributed by atoms with Gasteiger partial charge in [-0.25, -0.2) is 13.2 Å². The predicted octanol–water partition coefficient (Wildman–Crippen LogP) is 4.88. The van der Waals surface area contributed by atoms with Crippen molar-refractivity contribution in [1.82, 2.24) is 0 Å². The Labute approximate surface area is 138 Å². The van der Waals surface area contributed by atoms with E-state index in [1.807, 2.05) is 0 Å². The summed E-state index contributed by atoms with van der Waals surface area (Å²) in [4.78, 5) is 10.5. The lowest BCUT2D eigenvalue weighted by molar-refractivity contribution is -0.137. The van der Waals surface area contributed by atoms with E-state index in [0.717, 1.165) is 11.6 Å². The Morgan fingerprint density at radius 1 is 1.12 bits per heavy atom. The Morgan fingerprint density at radius 3 is 2.42 bits per heavy atom. The summed E-state index contributed by atoms with van der Waals surface area (Å²) >= 11 is 0. The lowest BCUT2D eigenvalue weighted by Crippen LogP contribution is -2.17. The summed E-state index contributed by atoms with van der Waals surface area (Å²) in [5.74, 6) is -4.50. The molecule has 0 atom stereocenters. The van der Waals surface area contributed by atoms with Gasteiger partial charge in [0.05, 0.1) is 0 Å². The number of carboxylic acid groups (broad SMARTS) is 1. The maximum Gasteiger partial charge on any atom is 0.303 e. The molecule has 2 nitrogen and oxygen atoms in total. The highest BCUT2D eigenvalue weighted by molar-refractivity contribution is 5.66. The highest BCUT2D eigenvalue weighted by Gasteiger charge is 2.32. The van der Waals surface area contributed by atoms with Gasteiger partial charge in [-0.05, 0) is 48.6 Å². The summed E-state index contributed by atoms with van der Waals surface area (Å²) < 4.78 is 42.2. The van der Waals surface area contributed by atoms with Gasteiger partial charge in [0.15, 0.2) is 0 Å². The number of carboxylic acids is 1. The zero-order chi connectivity index (χ0) is 17.7. The molecular formula is C19H19F3O2. The smallest absolute Gasteiger partial charge is 0.303 e. The molecule has 0 spiro atoms. The van der Waals surface area contributed by atoms with Gasteiger partial charge in [0.1, 0.15) is 5.82 Å². The highest BCUT2D eigenvalue weighted by atomic mass is 19.3. The second kappa shape index (κ2) is 7.51. The lowest BCUT2D eigenvalue weighted by Gasteiger charge is -2.18. The molecule has 5 heteroatoms. The third-order valence-corrected chi connectivity index (χ3v) is 3.96. The van der Waals surface area contributed by atoms with Crippen LogP contribution in [0.1, 0.15) is 35.1 Å². The number of benzene rings is 2. The van der Waals surface area contributed by atoms with Crippen molar-refractivity contribution in [3.05, 3.63) is 70.5 Å². The molecule has 0 radical (unpaired) electrons. The van der Waals surface area contributed by atoms with Crippen LogP contribution in [0.4, 0.5) is 13.2 Å². The third-order valence-electron chi connectivity index (χ3n) is 3.96. The molecule has 0 aliphatic rings. The first-order valence-electron chi connectivity index (χ1n) is 7.72. The zero-order valence-corrected chi connectivity index (χ0v) is 13.4. The van der Waals surface area contributed by atoms with Crippen molar-refractivity contribution < 1.29 is 23.1 Å². The first kappa shape index (κ1) is 18.0. The Morgan fingerprint density at radius 2 is 1.79 bits per heavy atom. The van der Waals surface area contributed by atoms with Gasteiger partial charge in [-0.1, -0.05) is 30.3 Å². The molecular weight excluding hydrogens is 317 g/mol. The van der Waals surface area contributed by atoms with Gasteiger partial charge < -0.3 is 5.11 Å². The second-order valence-corrected chi connectivity index (χ2v) is 5.90. The number of aliphatic carboxylic acids is 1. The van der Waals surface area contributed by atoms with E-state index in [0.29, 0.717) is 18.4 Å². The van der Waals surface area contributed by atoms with Gasteiger partial charge in [0.2, 0.25) is 0 Å². The molecule has 0 amide bonds. The van der Waals surface area contributed by atoms with Gasteiger partial charge in [-0.2, -0.15) is 0 Å². The molecule has 2 rings (SSSR count). The van der Waals surface area contributed by atoms with E-state index < -0.39 is 24.1 Å². The Bertz CT molecular complexity index is 709. The summed E-state index contributed by atoms with van der Waals surface area (Å²) in [5, 5.41) is 8.60. The van der Waals surface area contributed by atoms with Crippen molar-refractivity contribution in [2.75, 3.05) is 0 Å². The topological polar surface area (TPSA) is 37.3 Å². The van der Waals surface area contributed by atoms with Crippen LogP contribution in [0.25, 0.3) is 0 Å². The lowest BCUT2D eigenvalue weighted by atomic mass is 9.96. The Hall–Kier alpha value is -2.30. The normalized spacial score (nSPS) is 11.5. The molecule has 2 aromatic carbocycles. The summed E-state index contributed by atoms with van der Waals surface area (Å²) in [6.07, 6.45) is 0.487. The van der Waals surface area contributed by atoms with Gasteiger partial charge in [-0.15, -0.1) is 0 Å². The fraction of sp³-hybridized carbons (Fsp3) is 0.316. The molecule has 0 bridgehead atoms. The van der Waals surface area contributed by atoms with E-state index in [-0.39, 0.29) is 17.5 Å². The van der Waals surface area contributed by atoms with E-state index >= 15 is 0 Å². The average molecular weight is 336 g/mol. The van der Waals surface area contributed by atoms with Crippen LogP contribution in [0.5, 0.6) is 0 Å². The molecule has 1 N–H and O–H groups in total. The van der Waals surface area contributed by atoms with Crippen molar-refractivity contribution in [3.63, 3.8) is 0 Å². The summed E-state index contributed by atoms with van der Waals surface area (Å²) in [5.41, 5.74) is 1.60. The first-order valence-corrected chi connectivity index (χ1v) is 7.72. The monoisotopic (exact) mass is 336 g/mol. The van der Waals surface area contributed by atoms with Crippen molar-refractivity contribution in [2.45, 2.75) is 38.5 Å². The molecule has 0 heterocycles. The van der Waals surface area contributed by atoms with E-state index in [9.17, 15) is 18.0 Å². The fourth-order valence-electron chi connectivity index (χ4n) is 2.53. The van der Waals surface area contributed by atoms with Gasteiger partial charge in [0.25, 0.3) is 5.92 Å². The van der Waals surface area contributed by atoms with Crippen molar-refractivity contribution in [1.29, 1.82) is 0 Å². The number of hydrogen-bond acceptors (Lipinski definition) is 1. The molecule has 0 aliphatic carbocycles. The maximum absolute atomic E-state index is 14.4. The summed E-state index contributed by atoms with van der Waals surface area (Å²) in [6, 6.07) is 9.77. The zero-order valence-electron chi connectivity index (χ0n) is 13.4. The van der Waals surface area contributed by atoms with Crippen molar-refractivity contribution >= 4 is 5.97 Å². The quantitative estimate of drug-likeness (QED) is 0.783. The van der Waals surface area contributed by atoms with Gasteiger partial charge >= 0.3 is 5.97 Å². The second-order valence-electron chi connectivity index (χ2n) is 5.90. The summed E-state index contributed by atoms with van der Waals surface area (Å²) in [7, 11) is 0. The Balaban J connectivity index is 2.08. The van der Waals surface area contributed by atoms with E-state index in [4.69, 9.17) is 5.11 Å². The van der Waals surface area contributed by atoms with Crippen LogP contribution in [0, 0.1) is 12.7 Å². The van der Waals surface area contributed by atoms with E-state index in [1.54, 1.807) is 19.1 Å². The number of alkyl halides is 2. The largest absolute Gasteiger partial charge is 0.481 e. The molecule has 0 unspecified atom stereocenters. The summed E-state index contributed by atoms with van der Waals surface area (Å²) in [6.45, 7) is 1.68. The minimum absolute atomic E-state index is 0.0523. The molecule has 128 valence electrons. The van der Waals surface area contributed by atoms with E-state index in [2.05, 4.69) is 0 Å². The van der Waals surface area contributed by atoms with Crippen molar-refractivity contribution in [3.8, 4) is 0 Å². The molecule has 0 aliphatic heterocycles. The highest BCUT2D eigenvalue weighted by Crippen LogP contribution is 2.33. The molecule has 2 aromatic rings. The molecule has 0 saturated carbocycles. The van der Waals surface area contributed by atoms with E-state index in [1.165, 1.54) is 24.3 Å². The number of halogens is 3. The third kappa shape index (κ3) is 4.85. The van der Waals surface area contributed by atoms with Crippen LogP contribution in [0.3, 0.4) is 0 Å². The predicted molar refractivity (Wildman–Crippen MR) is 85.8 cm³/mol. The molecule has 24 heavy (non-hydrogen) atoms.